The Kier molecular flexibility index (Phi) is 5.62. The van der Waals surface area contributed by atoms with E-state index in [0.717, 1.165) is 22.3 Å². The first-order valence-corrected chi connectivity index (χ1v) is 10.4. The van der Waals surface area contributed by atoms with Gasteiger partial charge in [0.05, 0.1) is 19.3 Å². The smallest absolute Gasteiger partial charge is 0.407 e. The Hall–Kier alpha value is -2.70. The number of rotatable bonds is 8. The molecule has 2 atom stereocenters. The standard InChI is InChI=1S/C24H27NO5/c1-15(2)11-21(22(27)24(13-26)14-30-24)25-23(28)29-12-20-18-9-5-3-7-16(18)17-8-4-6-10-19(17)20/h3-10,15,20-21,26H,11-14H2,1-2H3,(H,25,28)/t21-,24-/m0/s1. The summed E-state index contributed by atoms with van der Waals surface area (Å²) >= 11 is 0. The zero-order chi connectivity index (χ0) is 21.3. The molecule has 0 saturated carbocycles. The number of epoxide rings is 1. The number of hydrogen-bond acceptors (Lipinski definition) is 5. The minimum atomic E-state index is -1.17. The number of nitrogens with one attached hydrogen (secondary N) is 1. The first-order valence-electron chi connectivity index (χ1n) is 10.4. The number of ketones is 1. The average Bonchev–Trinajstić information content (AvgIpc) is 3.48. The summed E-state index contributed by atoms with van der Waals surface area (Å²) in [4.78, 5) is 25.3. The van der Waals surface area contributed by atoms with Crippen molar-refractivity contribution in [2.24, 2.45) is 5.92 Å². The number of Topliss-reactive ketones (excluding diaryl/α,β-unsaturated/α-hetero) is 1. The van der Waals surface area contributed by atoms with Gasteiger partial charge in [-0.1, -0.05) is 62.4 Å². The van der Waals surface area contributed by atoms with Crippen molar-refractivity contribution < 1.29 is 24.2 Å². The number of benzene rings is 2. The molecule has 2 N–H and O–H groups in total. The van der Waals surface area contributed by atoms with Crippen LogP contribution in [-0.4, -0.2) is 48.4 Å². The lowest BCUT2D eigenvalue weighted by atomic mass is 9.93. The van der Waals surface area contributed by atoms with Crippen LogP contribution in [0, 0.1) is 5.92 Å². The van der Waals surface area contributed by atoms with Crippen molar-refractivity contribution >= 4 is 11.9 Å². The summed E-state index contributed by atoms with van der Waals surface area (Å²) in [6.07, 6.45) is -0.182. The van der Waals surface area contributed by atoms with Crippen LogP contribution in [0.25, 0.3) is 11.1 Å². The number of hydrogen-bond donors (Lipinski definition) is 2. The number of aliphatic hydroxyl groups is 1. The van der Waals surface area contributed by atoms with Crippen LogP contribution in [0.3, 0.4) is 0 Å². The van der Waals surface area contributed by atoms with Gasteiger partial charge in [0.15, 0.2) is 11.4 Å². The van der Waals surface area contributed by atoms with Gasteiger partial charge in [0, 0.05) is 5.92 Å². The highest BCUT2D eigenvalue weighted by molar-refractivity contribution is 5.96. The van der Waals surface area contributed by atoms with Crippen LogP contribution in [0.1, 0.15) is 37.3 Å². The van der Waals surface area contributed by atoms with Gasteiger partial charge in [-0.15, -0.1) is 0 Å². The van der Waals surface area contributed by atoms with E-state index in [1.54, 1.807) is 0 Å². The summed E-state index contributed by atoms with van der Waals surface area (Å²) in [7, 11) is 0. The van der Waals surface area contributed by atoms with Gasteiger partial charge < -0.3 is 19.9 Å². The molecule has 0 unspecified atom stereocenters. The number of fused-ring (bicyclic) bond motifs is 3. The highest BCUT2D eigenvalue weighted by Gasteiger charge is 2.54. The van der Waals surface area contributed by atoms with Crippen LogP contribution < -0.4 is 5.32 Å². The van der Waals surface area contributed by atoms with E-state index in [1.165, 1.54) is 0 Å². The summed E-state index contributed by atoms with van der Waals surface area (Å²) in [6.45, 7) is 3.93. The van der Waals surface area contributed by atoms with Crippen molar-refractivity contribution in [2.75, 3.05) is 19.8 Å². The highest BCUT2D eigenvalue weighted by Crippen LogP contribution is 2.44. The van der Waals surface area contributed by atoms with Crippen LogP contribution in [0.2, 0.25) is 0 Å². The third kappa shape index (κ3) is 3.85. The third-order valence-corrected chi connectivity index (χ3v) is 5.86. The van der Waals surface area contributed by atoms with Crippen molar-refractivity contribution in [1.29, 1.82) is 0 Å². The molecule has 1 heterocycles. The van der Waals surface area contributed by atoms with E-state index in [-0.39, 0.29) is 37.4 Å². The Balaban J connectivity index is 1.44. The molecule has 6 heteroatoms. The molecule has 0 bridgehead atoms. The largest absolute Gasteiger partial charge is 0.449 e. The zero-order valence-electron chi connectivity index (χ0n) is 17.3. The van der Waals surface area contributed by atoms with Crippen LogP contribution in [-0.2, 0) is 14.3 Å². The number of aliphatic hydroxyl groups excluding tert-OH is 1. The van der Waals surface area contributed by atoms with Gasteiger partial charge >= 0.3 is 6.09 Å². The van der Waals surface area contributed by atoms with Crippen LogP contribution >= 0.6 is 0 Å². The molecule has 0 aromatic heterocycles. The Bertz CT molecular complexity index is 905. The van der Waals surface area contributed by atoms with E-state index >= 15 is 0 Å². The maximum absolute atomic E-state index is 12.8. The molecule has 1 saturated heterocycles. The maximum Gasteiger partial charge on any atom is 0.407 e. The van der Waals surface area contributed by atoms with E-state index < -0.39 is 17.7 Å². The summed E-state index contributed by atoms with van der Waals surface area (Å²) in [5.41, 5.74) is 3.41. The molecular formula is C24H27NO5. The summed E-state index contributed by atoms with van der Waals surface area (Å²) < 4.78 is 10.7. The molecule has 30 heavy (non-hydrogen) atoms. The van der Waals surface area contributed by atoms with E-state index in [9.17, 15) is 14.7 Å². The van der Waals surface area contributed by atoms with E-state index in [1.807, 2.05) is 38.1 Å². The lowest BCUT2D eigenvalue weighted by Gasteiger charge is -2.22. The molecule has 1 aliphatic heterocycles. The molecule has 2 aliphatic rings. The quantitative estimate of drug-likeness (QED) is 0.654. The van der Waals surface area contributed by atoms with Crippen LogP contribution in [0.15, 0.2) is 48.5 Å². The number of carbonyl (C=O) groups is 2. The SMILES string of the molecule is CC(C)C[C@H](NC(=O)OCC1c2ccccc2-c2ccccc21)C(=O)[C@]1(CO)CO1. The second-order valence-corrected chi connectivity index (χ2v) is 8.46. The Morgan fingerprint density at radius 3 is 2.20 bits per heavy atom. The number of ether oxygens (including phenoxy) is 2. The van der Waals surface area contributed by atoms with E-state index in [4.69, 9.17) is 9.47 Å². The van der Waals surface area contributed by atoms with Crippen LogP contribution in [0.4, 0.5) is 4.79 Å². The molecular weight excluding hydrogens is 382 g/mol. The zero-order valence-corrected chi connectivity index (χ0v) is 17.3. The van der Waals surface area contributed by atoms with E-state index in [0.29, 0.717) is 6.42 Å². The van der Waals surface area contributed by atoms with Crippen molar-refractivity contribution in [3.05, 3.63) is 59.7 Å². The van der Waals surface area contributed by atoms with Gasteiger partial charge in [-0.2, -0.15) is 0 Å². The second kappa shape index (κ2) is 8.20. The molecule has 1 aliphatic carbocycles. The first-order chi connectivity index (χ1) is 14.4. The fourth-order valence-electron chi connectivity index (χ4n) is 4.20. The average molecular weight is 409 g/mol. The molecule has 0 spiro atoms. The molecule has 1 fully saturated rings. The van der Waals surface area contributed by atoms with Crippen molar-refractivity contribution in [1.82, 2.24) is 5.32 Å². The van der Waals surface area contributed by atoms with Crippen molar-refractivity contribution in [2.45, 2.75) is 37.8 Å². The summed E-state index contributed by atoms with van der Waals surface area (Å²) in [5, 5.41) is 12.2. The third-order valence-electron chi connectivity index (χ3n) is 5.86. The maximum atomic E-state index is 12.8. The molecule has 158 valence electrons. The number of carbonyl (C=O) groups excluding carboxylic acids is 2. The van der Waals surface area contributed by atoms with Gasteiger partial charge in [0.2, 0.25) is 0 Å². The van der Waals surface area contributed by atoms with Gasteiger partial charge in [-0.3, -0.25) is 4.79 Å². The minimum absolute atomic E-state index is 0.0436. The van der Waals surface area contributed by atoms with Crippen molar-refractivity contribution in [3.63, 3.8) is 0 Å². The lowest BCUT2D eigenvalue weighted by Crippen LogP contribution is -2.49. The fourth-order valence-corrected chi connectivity index (χ4v) is 4.20. The van der Waals surface area contributed by atoms with Gasteiger partial charge in [0.1, 0.15) is 6.61 Å². The Labute approximate surface area is 176 Å². The molecule has 6 nitrogen and oxygen atoms in total. The molecule has 4 rings (SSSR count). The molecule has 0 radical (unpaired) electrons. The molecule has 2 aromatic rings. The molecule has 1 amide bonds. The van der Waals surface area contributed by atoms with E-state index in [2.05, 4.69) is 29.6 Å². The van der Waals surface area contributed by atoms with Crippen molar-refractivity contribution in [3.8, 4) is 11.1 Å². The molecule has 2 aromatic carbocycles. The van der Waals surface area contributed by atoms with Crippen LogP contribution in [0.5, 0.6) is 0 Å². The topological polar surface area (TPSA) is 88.2 Å². The monoisotopic (exact) mass is 409 g/mol. The Morgan fingerprint density at radius 2 is 1.70 bits per heavy atom. The normalized spacial score (nSPS) is 20.4. The summed E-state index contributed by atoms with van der Waals surface area (Å²) in [6, 6.07) is 15.5. The van der Waals surface area contributed by atoms with Gasteiger partial charge in [-0.05, 0) is 34.6 Å². The fraction of sp³-hybridized carbons (Fsp3) is 0.417. The highest BCUT2D eigenvalue weighted by atomic mass is 16.6. The first kappa shape index (κ1) is 20.6. The second-order valence-electron chi connectivity index (χ2n) is 8.46. The predicted octanol–water partition coefficient (Wildman–Crippen LogP) is 3.27. The number of amides is 1. The number of alkyl carbamates (subject to hydrolysis) is 1. The van der Waals surface area contributed by atoms with Gasteiger partial charge in [-0.25, -0.2) is 4.79 Å². The summed E-state index contributed by atoms with van der Waals surface area (Å²) in [5.74, 6) is -0.160. The lowest BCUT2D eigenvalue weighted by molar-refractivity contribution is -0.127. The Morgan fingerprint density at radius 1 is 1.13 bits per heavy atom. The minimum Gasteiger partial charge on any atom is -0.449 e. The predicted molar refractivity (Wildman–Crippen MR) is 112 cm³/mol. The van der Waals surface area contributed by atoms with Gasteiger partial charge in [0.25, 0.3) is 0 Å².